The smallest absolute Gasteiger partial charge is 0.328 e. The molecule has 0 bridgehead atoms. The van der Waals surface area contributed by atoms with Gasteiger partial charge in [-0.25, -0.2) is 0 Å². The minimum Gasteiger partial charge on any atom is -0.469 e. The molecular weight excluding hydrogens is 346 g/mol. The van der Waals surface area contributed by atoms with Crippen molar-refractivity contribution in [2.75, 3.05) is 19.1 Å². The fourth-order valence-corrected chi connectivity index (χ4v) is 6.40. The summed E-state index contributed by atoms with van der Waals surface area (Å²) in [6.07, 6.45) is 0.161. The number of hydrogen-bond donors (Lipinski definition) is 0. The van der Waals surface area contributed by atoms with Gasteiger partial charge >= 0.3 is 11.9 Å². The Kier molecular flexibility index (Phi) is 3.98. The third kappa shape index (κ3) is 1.91. The molecule has 0 spiro atoms. The lowest BCUT2D eigenvalue weighted by Crippen LogP contribution is -2.83. The molecule has 25 heavy (non-hydrogen) atoms. The number of para-hydroxylation sites is 1. The summed E-state index contributed by atoms with van der Waals surface area (Å²) >= 11 is 0. The molecule has 3 rings (SSSR count). The number of fused-ring (bicyclic) bond motifs is 2. The first-order valence-corrected chi connectivity index (χ1v) is 8.90. The summed E-state index contributed by atoms with van der Waals surface area (Å²) in [6, 6.07) is 6.69. The Morgan fingerprint density at radius 1 is 1.20 bits per heavy atom. The Labute approximate surface area is 147 Å². The number of esters is 2. The average molecular weight is 365 g/mol. The maximum atomic E-state index is 13.5. The van der Waals surface area contributed by atoms with E-state index < -0.39 is 38.9 Å². The van der Waals surface area contributed by atoms with Crippen molar-refractivity contribution in [2.45, 2.75) is 35.4 Å². The number of ether oxygens (including phenoxy) is 2. The van der Waals surface area contributed by atoms with Crippen molar-refractivity contribution >= 4 is 34.3 Å². The third-order valence-corrected chi connectivity index (χ3v) is 7.49. The SMILES string of the molecule is COC(=O)C1CC2(C)N(C(C)=O)c3ccccc3S(=O)C12C(=O)OC. The molecule has 1 aromatic carbocycles. The number of carbonyl (C=O) groups excluding carboxylic acids is 3. The van der Waals surface area contributed by atoms with E-state index in [2.05, 4.69) is 0 Å². The molecule has 134 valence electrons. The van der Waals surface area contributed by atoms with Crippen LogP contribution in [0.15, 0.2) is 29.2 Å². The molecule has 1 aromatic rings. The number of methoxy groups -OCH3 is 2. The van der Waals surface area contributed by atoms with Gasteiger partial charge in [0.05, 0.1) is 47.1 Å². The van der Waals surface area contributed by atoms with Gasteiger partial charge in [-0.2, -0.15) is 0 Å². The molecule has 1 aliphatic carbocycles. The first-order chi connectivity index (χ1) is 11.8. The van der Waals surface area contributed by atoms with Gasteiger partial charge in [-0.1, -0.05) is 12.1 Å². The lowest BCUT2D eigenvalue weighted by Gasteiger charge is -2.64. The zero-order valence-electron chi connectivity index (χ0n) is 14.4. The molecule has 2 aliphatic rings. The monoisotopic (exact) mass is 365 g/mol. The number of rotatable bonds is 2. The fraction of sp³-hybridized carbons (Fsp3) is 0.471. The van der Waals surface area contributed by atoms with Crippen LogP contribution in [0.1, 0.15) is 20.3 Å². The summed E-state index contributed by atoms with van der Waals surface area (Å²) in [6.45, 7) is 3.04. The van der Waals surface area contributed by atoms with E-state index in [1.165, 1.54) is 26.0 Å². The third-order valence-electron chi connectivity index (χ3n) is 5.27. The predicted octanol–water partition coefficient (Wildman–Crippen LogP) is 1.02. The summed E-state index contributed by atoms with van der Waals surface area (Å²) in [5, 5.41) is 0. The summed E-state index contributed by atoms with van der Waals surface area (Å²) in [5.74, 6) is -2.68. The van der Waals surface area contributed by atoms with Crippen molar-refractivity contribution < 1.29 is 28.1 Å². The normalized spacial score (nSPS) is 32.7. The van der Waals surface area contributed by atoms with E-state index in [-0.39, 0.29) is 12.3 Å². The van der Waals surface area contributed by atoms with Crippen LogP contribution in [0, 0.1) is 5.92 Å². The molecule has 1 heterocycles. The molecule has 1 saturated carbocycles. The Balaban J connectivity index is 2.33. The molecule has 0 N–H and O–H groups in total. The molecule has 7 nitrogen and oxygen atoms in total. The van der Waals surface area contributed by atoms with Crippen LogP contribution in [0.3, 0.4) is 0 Å². The zero-order chi connectivity index (χ0) is 18.6. The highest BCUT2D eigenvalue weighted by Gasteiger charge is 2.79. The van der Waals surface area contributed by atoms with Crippen LogP contribution in [0.2, 0.25) is 0 Å². The average Bonchev–Trinajstić information content (AvgIpc) is 2.58. The van der Waals surface area contributed by atoms with E-state index in [0.717, 1.165) is 0 Å². The summed E-state index contributed by atoms with van der Waals surface area (Å²) in [4.78, 5) is 39.3. The Morgan fingerprint density at radius 3 is 2.40 bits per heavy atom. The van der Waals surface area contributed by atoms with E-state index in [0.29, 0.717) is 10.6 Å². The molecule has 4 unspecified atom stereocenters. The Hall–Kier alpha value is -2.22. The topological polar surface area (TPSA) is 90.0 Å². The zero-order valence-corrected chi connectivity index (χ0v) is 15.2. The Morgan fingerprint density at radius 2 is 1.84 bits per heavy atom. The first-order valence-electron chi connectivity index (χ1n) is 7.75. The Bertz CT molecular complexity index is 808. The molecule has 0 saturated heterocycles. The quantitative estimate of drug-likeness (QED) is 0.727. The van der Waals surface area contributed by atoms with Crippen molar-refractivity contribution in [1.29, 1.82) is 0 Å². The minimum absolute atomic E-state index is 0.161. The van der Waals surface area contributed by atoms with Crippen LogP contribution in [-0.4, -0.2) is 46.6 Å². The van der Waals surface area contributed by atoms with Gasteiger partial charge < -0.3 is 14.4 Å². The van der Waals surface area contributed by atoms with Gasteiger partial charge in [-0.05, 0) is 25.5 Å². The van der Waals surface area contributed by atoms with Crippen molar-refractivity contribution in [3.63, 3.8) is 0 Å². The number of amides is 1. The minimum atomic E-state index is -1.89. The largest absolute Gasteiger partial charge is 0.469 e. The van der Waals surface area contributed by atoms with Gasteiger partial charge in [-0.3, -0.25) is 18.6 Å². The molecule has 1 fully saturated rings. The number of anilines is 1. The van der Waals surface area contributed by atoms with Crippen LogP contribution in [-0.2, 0) is 34.7 Å². The highest BCUT2D eigenvalue weighted by Crippen LogP contribution is 2.61. The van der Waals surface area contributed by atoms with Gasteiger partial charge in [0.1, 0.15) is 0 Å². The number of hydrogen-bond acceptors (Lipinski definition) is 6. The molecular formula is C17H19NO6S. The van der Waals surface area contributed by atoms with E-state index in [1.807, 2.05) is 0 Å². The molecule has 1 amide bonds. The number of benzene rings is 1. The molecule has 4 atom stereocenters. The maximum absolute atomic E-state index is 13.5. The van der Waals surface area contributed by atoms with Crippen LogP contribution < -0.4 is 4.90 Å². The van der Waals surface area contributed by atoms with Crippen LogP contribution in [0.4, 0.5) is 5.69 Å². The van der Waals surface area contributed by atoms with Crippen molar-refractivity contribution in [3.05, 3.63) is 24.3 Å². The second-order valence-corrected chi connectivity index (χ2v) is 7.99. The second-order valence-electron chi connectivity index (χ2n) is 6.37. The van der Waals surface area contributed by atoms with E-state index in [4.69, 9.17) is 9.47 Å². The van der Waals surface area contributed by atoms with Gasteiger partial charge in [-0.15, -0.1) is 0 Å². The van der Waals surface area contributed by atoms with E-state index >= 15 is 0 Å². The van der Waals surface area contributed by atoms with Gasteiger partial charge in [0.25, 0.3) is 0 Å². The van der Waals surface area contributed by atoms with Crippen LogP contribution >= 0.6 is 0 Å². The summed E-state index contributed by atoms with van der Waals surface area (Å²) in [7, 11) is 0.504. The maximum Gasteiger partial charge on any atom is 0.328 e. The number of nitrogens with zero attached hydrogens (tertiary/aromatic N) is 1. The lowest BCUT2D eigenvalue weighted by molar-refractivity contribution is -0.167. The van der Waals surface area contributed by atoms with E-state index in [9.17, 15) is 18.6 Å². The lowest BCUT2D eigenvalue weighted by atomic mass is 9.57. The van der Waals surface area contributed by atoms with Gasteiger partial charge in [0.15, 0.2) is 4.75 Å². The van der Waals surface area contributed by atoms with Crippen molar-refractivity contribution in [3.8, 4) is 0 Å². The molecule has 0 radical (unpaired) electrons. The van der Waals surface area contributed by atoms with Gasteiger partial charge in [0, 0.05) is 6.92 Å². The highest BCUT2D eigenvalue weighted by molar-refractivity contribution is 7.88. The van der Waals surface area contributed by atoms with Crippen molar-refractivity contribution in [2.24, 2.45) is 5.92 Å². The molecule has 0 aromatic heterocycles. The summed E-state index contributed by atoms with van der Waals surface area (Å²) < 4.78 is 21.5. The van der Waals surface area contributed by atoms with E-state index in [1.54, 1.807) is 31.2 Å². The molecule has 8 heteroatoms. The number of carbonyl (C=O) groups is 3. The molecule has 1 aliphatic heterocycles. The second kappa shape index (κ2) is 5.66. The van der Waals surface area contributed by atoms with Crippen LogP contribution in [0.5, 0.6) is 0 Å². The predicted molar refractivity (Wildman–Crippen MR) is 89.3 cm³/mol. The van der Waals surface area contributed by atoms with Crippen LogP contribution in [0.25, 0.3) is 0 Å². The fourth-order valence-electron chi connectivity index (χ4n) is 4.26. The standard InChI is InChI=1S/C17H19NO6S/c1-10(19)18-12-7-5-6-8-13(12)25(22)17(15(21)24-4)11(14(20)23-3)9-16(17,18)2/h5-8,11H,9H2,1-4H3. The van der Waals surface area contributed by atoms with Gasteiger partial charge in [0.2, 0.25) is 5.91 Å². The van der Waals surface area contributed by atoms with Crippen molar-refractivity contribution in [1.82, 2.24) is 0 Å². The highest BCUT2D eigenvalue weighted by atomic mass is 32.2. The first kappa shape index (κ1) is 17.6. The summed E-state index contributed by atoms with van der Waals surface area (Å²) in [5.41, 5.74) is -0.664.